The number of aromatic nitrogens is 4. The Bertz CT molecular complexity index is 975. The zero-order chi connectivity index (χ0) is 20.1. The quantitative estimate of drug-likeness (QED) is 0.460. The van der Waals surface area contributed by atoms with Crippen LogP contribution in [0.1, 0.15) is 21.2 Å². The third-order valence-electron chi connectivity index (χ3n) is 3.55. The zero-order valence-electron chi connectivity index (χ0n) is 15.2. The molecule has 28 heavy (non-hydrogen) atoms. The number of aliphatic hydroxyl groups is 1. The summed E-state index contributed by atoms with van der Waals surface area (Å²) in [7, 11) is 0. The van der Waals surface area contributed by atoms with Crippen molar-refractivity contribution in [2.75, 3.05) is 29.1 Å². The number of rotatable bonds is 7. The molecule has 0 bridgehead atoms. The first kappa shape index (κ1) is 19.9. The monoisotopic (exact) mass is 419 g/mol. The van der Waals surface area contributed by atoms with Gasteiger partial charge in [-0.05, 0) is 19.9 Å². The molecular weight excluding hydrogens is 402 g/mol. The summed E-state index contributed by atoms with van der Waals surface area (Å²) >= 11 is 7.30. The second-order valence-corrected chi connectivity index (χ2v) is 7.14. The number of anilines is 4. The molecule has 11 heteroatoms. The highest BCUT2D eigenvalue weighted by molar-refractivity contribution is 7.17. The Morgan fingerprint density at radius 1 is 1.25 bits per heavy atom. The number of halogens is 1. The Morgan fingerprint density at radius 3 is 2.79 bits per heavy atom. The molecule has 0 saturated heterocycles. The van der Waals surface area contributed by atoms with E-state index in [4.69, 9.17) is 16.7 Å². The Balaban J connectivity index is 1.72. The summed E-state index contributed by atoms with van der Waals surface area (Å²) < 4.78 is 0. The lowest BCUT2D eigenvalue weighted by Gasteiger charge is -2.08. The SMILES string of the molecule is Cc1nc(NCCO)cc(Nc2ncc(C(=O)Nc3c(Cl)ccnc3C)s2)n1. The van der Waals surface area contributed by atoms with Crippen molar-refractivity contribution >= 4 is 51.3 Å². The van der Waals surface area contributed by atoms with E-state index in [0.29, 0.717) is 50.4 Å². The third kappa shape index (κ3) is 4.91. The molecule has 0 radical (unpaired) electrons. The average molecular weight is 420 g/mol. The van der Waals surface area contributed by atoms with Crippen LogP contribution in [-0.2, 0) is 0 Å². The van der Waals surface area contributed by atoms with Crippen molar-refractivity contribution in [2.24, 2.45) is 0 Å². The van der Waals surface area contributed by atoms with Crippen LogP contribution >= 0.6 is 22.9 Å². The highest BCUT2D eigenvalue weighted by Crippen LogP contribution is 2.27. The molecule has 0 saturated carbocycles. The van der Waals surface area contributed by atoms with Crippen molar-refractivity contribution < 1.29 is 9.90 Å². The molecule has 3 aromatic heterocycles. The van der Waals surface area contributed by atoms with E-state index in [0.717, 1.165) is 0 Å². The van der Waals surface area contributed by atoms with Gasteiger partial charge < -0.3 is 21.1 Å². The number of carbonyl (C=O) groups is 1. The summed E-state index contributed by atoms with van der Waals surface area (Å²) in [6.07, 6.45) is 3.05. The van der Waals surface area contributed by atoms with Gasteiger partial charge in [-0.1, -0.05) is 22.9 Å². The summed E-state index contributed by atoms with van der Waals surface area (Å²) in [5.74, 6) is 1.34. The average Bonchev–Trinajstić information content (AvgIpc) is 3.11. The second-order valence-electron chi connectivity index (χ2n) is 5.70. The Hall–Kier alpha value is -2.82. The van der Waals surface area contributed by atoms with Crippen LogP contribution in [0.3, 0.4) is 0 Å². The summed E-state index contributed by atoms with van der Waals surface area (Å²) in [5.41, 5.74) is 1.10. The number of nitrogens with one attached hydrogen (secondary N) is 3. The van der Waals surface area contributed by atoms with Crippen LogP contribution in [0.4, 0.5) is 22.5 Å². The lowest BCUT2D eigenvalue weighted by molar-refractivity contribution is 0.103. The molecule has 3 heterocycles. The molecule has 146 valence electrons. The summed E-state index contributed by atoms with van der Waals surface area (Å²) in [5, 5.41) is 18.6. The maximum absolute atomic E-state index is 12.5. The highest BCUT2D eigenvalue weighted by atomic mass is 35.5. The molecule has 0 atom stereocenters. The van der Waals surface area contributed by atoms with Gasteiger partial charge in [-0.3, -0.25) is 9.78 Å². The van der Waals surface area contributed by atoms with Crippen molar-refractivity contribution in [3.8, 4) is 0 Å². The number of nitrogens with zero attached hydrogens (tertiary/aromatic N) is 4. The van der Waals surface area contributed by atoms with Crippen LogP contribution in [0.5, 0.6) is 0 Å². The van der Waals surface area contributed by atoms with Crippen molar-refractivity contribution in [1.82, 2.24) is 19.9 Å². The molecule has 1 amide bonds. The van der Waals surface area contributed by atoms with E-state index in [1.807, 2.05) is 0 Å². The fourth-order valence-electron chi connectivity index (χ4n) is 2.31. The molecule has 0 spiro atoms. The summed E-state index contributed by atoms with van der Waals surface area (Å²) in [6, 6.07) is 3.31. The minimum absolute atomic E-state index is 0.00279. The maximum atomic E-state index is 12.5. The van der Waals surface area contributed by atoms with Gasteiger partial charge in [0.05, 0.1) is 29.2 Å². The molecule has 0 fully saturated rings. The van der Waals surface area contributed by atoms with Gasteiger partial charge in [-0.2, -0.15) is 0 Å². The summed E-state index contributed by atoms with van der Waals surface area (Å²) in [4.78, 5) is 29.8. The van der Waals surface area contributed by atoms with Gasteiger partial charge in [-0.15, -0.1) is 0 Å². The van der Waals surface area contributed by atoms with Crippen molar-refractivity contribution in [2.45, 2.75) is 13.8 Å². The molecule has 0 aliphatic heterocycles. The number of hydrogen-bond acceptors (Lipinski definition) is 9. The smallest absolute Gasteiger partial charge is 0.267 e. The summed E-state index contributed by atoms with van der Waals surface area (Å²) in [6.45, 7) is 3.90. The van der Waals surface area contributed by atoms with E-state index in [-0.39, 0.29) is 12.5 Å². The minimum Gasteiger partial charge on any atom is -0.395 e. The predicted octanol–water partition coefficient (Wildman–Crippen LogP) is 3.00. The number of pyridine rings is 1. The van der Waals surface area contributed by atoms with Crippen molar-refractivity contribution in [3.05, 3.63) is 45.9 Å². The second kappa shape index (κ2) is 8.91. The van der Waals surface area contributed by atoms with Gasteiger partial charge in [0.15, 0.2) is 5.13 Å². The Labute approximate surface area is 170 Å². The van der Waals surface area contributed by atoms with Crippen molar-refractivity contribution in [3.63, 3.8) is 0 Å². The number of aliphatic hydroxyl groups excluding tert-OH is 1. The third-order valence-corrected chi connectivity index (χ3v) is 4.78. The van der Waals surface area contributed by atoms with E-state index < -0.39 is 0 Å². The number of thiazole rings is 1. The van der Waals surface area contributed by atoms with Crippen molar-refractivity contribution in [1.29, 1.82) is 0 Å². The van der Waals surface area contributed by atoms with Crippen LogP contribution in [0.15, 0.2) is 24.5 Å². The Kier molecular flexibility index (Phi) is 6.34. The minimum atomic E-state index is -0.326. The molecule has 9 nitrogen and oxygen atoms in total. The van der Waals surface area contributed by atoms with Gasteiger partial charge in [-0.25, -0.2) is 15.0 Å². The lowest BCUT2D eigenvalue weighted by Crippen LogP contribution is -2.12. The van der Waals surface area contributed by atoms with E-state index in [1.54, 1.807) is 32.2 Å². The molecule has 3 aromatic rings. The van der Waals surface area contributed by atoms with Crippen LogP contribution < -0.4 is 16.0 Å². The molecule has 3 rings (SSSR count). The fraction of sp³-hybridized carbons (Fsp3) is 0.235. The van der Waals surface area contributed by atoms with E-state index in [1.165, 1.54) is 17.5 Å². The highest BCUT2D eigenvalue weighted by Gasteiger charge is 2.15. The molecular formula is C17H18ClN7O2S. The van der Waals surface area contributed by atoms with Crippen LogP contribution in [0, 0.1) is 13.8 Å². The Morgan fingerprint density at radius 2 is 2.04 bits per heavy atom. The normalized spacial score (nSPS) is 10.6. The van der Waals surface area contributed by atoms with Gasteiger partial charge >= 0.3 is 0 Å². The maximum Gasteiger partial charge on any atom is 0.267 e. The molecule has 0 aromatic carbocycles. The first-order valence-electron chi connectivity index (χ1n) is 8.32. The number of hydrogen-bond donors (Lipinski definition) is 4. The standard InChI is InChI=1S/C17H18ClN7O2S/c1-9-15(11(18)3-4-19-9)25-16(27)12-8-21-17(28-12)24-14-7-13(20-5-6-26)22-10(2)23-14/h3-4,7-8,26H,5-6H2,1-2H3,(H,25,27)(H2,20,21,22,23,24). The van der Waals surface area contributed by atoms with Gasteiger partial charge in [0.2, 0.25) is 0 Å². The zero-order valence-corrected chi connectivity index (χ0v) is 16.7. The van der Waals surface area contributed by atoms with E-state index in [2.05, 4.69) is 35.9 Å². The molecule has 0 aliphatic rings. The van der Waals surface area contributed by atoms with Gasteiger partial charge in [0.1, 0.15) is 22.3 Å². The largest absolute Gasteiger partial charge is 0.395 e. The van der Waals surface area contributed by atoms with Gasteiger partial charge in [0, 0.05) is 18.8 Å². The molecule has 4 N–H and O–H groups in total. The number of carbonyl (C=O) groups excluding carboxylic acids is 1. The lowest BCUT2D eigenvalue weighted by atomic mass is 10.3. The predicted molar refractivity (Wildman–Crippen MR) is 110 cm³/mol. The van der Waals surface area contributed by atoms with Crippen LogP contribution in [0.25, 0.3) is 0 Å². The van der Waals surface area contributed by atoms with E-state index >= 15 is 0 Å². The van der Waals surface area contributed by atoms with E-state index in [9.17, 15) is 4.79 Å². The molecule has 0 unspecified atom stereocenters. The van der Waals surface area contributed by atoms with Gasteiger partial charge in [0.25, 0.3) is 5.91 Å². The topological polar surface area (TPSA) is 125 Å². The number of amides is 1. The first-order valence-corrected chi connectivity index (χ1v) is 9.51. The fourth-order valence-corrected chi connectivity index (χ4v) is 3.27. The van der Waals surface area contributed by atoms with Crippen LogP contribution in [0.2, 0.25) is 5.02 Å². The first-order chi connectivity index (χ1) is 13.5. The van der Waals surface area contributed by atoms with Crippen LogP contribution in [-0.4, -0.2) is 44.1 Å². The number of aryl methyl sites for hydroxylation is 2. The molecule has 0 aliphatic carbocycles.